The van der Waals surface area contributed by atoms with Crippen LogP contribution in [-0.4, -0.2) is 26.1 Å². The molecule has 0 heterocycles. The maximum atomic E-state index is 11.2. The lowest BCUT2D eigenvalue weighted by Gasteiger charge is -2.17. The molecule has 1 atom stereocenters. The zero-order valence-corrected chi connectivity index (χ0v) is 12.5. The van der Waals surface area contributed by atoms with Crippen molar-refractivity contribution in [2.24, 2.45) is 5.73 Å². The number of rotatable bonds is 5. The fourth-order valence-corrected chi connectivity index (χ4v) is 2.01. The van der Waals surface area contributed by atoms with Crippen molar-refractivity contribution in [2.45, 2.75) is 13.0 Å². The minimum absolute atomic E-state index is 0.480. The van der Waals surface area contributed by atoms with E-state index in [0.29, 0.717) is 5.75 Å². The van der Waals surface area contributed by atoms with E-state index in [0.717, 1.165) is 16.8 Å². The van der Waals surface area contributed by atoms with Gasteiger partial charge in [-0.2, -0.15) is 0 Å². The van der Waals surface area contributed by atoms with E-state index in [1.165, 1.54) is 0 Å². The predicted octanol–water partition coefficient (Wildman–Crippen LogP) is 2.67. The van der Waals surface area contributed by atoms with Crippen LogP contribution in [0.15, 0.2) is 48.5 Å². The smallest absolute Gasteiger partial charge is 0.258 e. The lowest BCUT2D eigenvalue weighted by Crippen LogP contribution is -2.30. The van der Waals surface area contributed by atoms with Crippen LogP contribution in [0.4, 0.5) is 5.69 Å². The van der Waals surface area contributed by atoms with Crippen LogP contribution in [-0.2, 0) is 4.79 Å². The minimum Gasteiger partial charge on any atom is -0.480 e. The molecule has 0 radical (unpaired) electrons. The van der Waals surface area contributed by atoms with Gasteiger partial charge in [0.25, 0.3) is 5.91 Å². The van der Waals surface area contributed by atoms with Crippen molar-refractivity contribution in [1.82, 2.24) is 0 Å². The Bertz CT molecular complexity index is 638. The van der Waals surface area contributed by atoms with Crippen molar-refractivity contribution >= 4 is 11.6 Å². The molecule has 0 saturated carbocycles. The molecule has 4 heteroatoms. The van der Waals surface area contributed by atoms with Gasteiger partial charge in [0.15, 0.2) is 6.10 Å². The van der Waals surface area contributed by atoms with E-state index < -0.39 is 12.0 Å². The van der Waals surface area contributed by atoms with Crippen LogP contribution in [0, 0.1) is 0 Å². The number of hydrogen-bond acceptors (Lipinski definition) is 3. The van der Waals surface area contributed by atoms with Crippen LogP contribution in [0.5, 0.6) is 5.75 Å². The molecule has 0 unspecified atom stereocenters. The second-order valence-corrected chi connectivity index (χ2v) is 5.10. The van der Waals surface area contributed by atoms with Crippen molar-refractivity contribution in [3.63, 3.8) is 0 Å². The number of amides is 1. The van der Waals surface area contributed by atoms with Crippen LogP contribution in [0.3, 0.4) is 0 Å². The molecule has 21 heavy (non-hydrogen) atoms. The molecule has 0 aliphatic heterocycles. The molecule has 2 aromatic carbocycles. The summed E-state index contributed by atoms with van der Waals surface area (Å²) in [5, 5.41) is 0. The van der Waals surface area contributed by atoms with E-state index in [2.05, 4.69) is 6.07 Å². The molecule has 0 aliphatic carbocycles. The SMILES string of the molecule is C[C@@H](Oc1ccccc1-c1cccc(N(C)C)c1)C(N)=O. The number of benzene rings is 2. The fourth-order valence-electron chi connectivity index (χ4n) is 2.01. The van der Waals surface area contributed by atoms with Gasteiger partial charge in [0.2, 0.25) is 0 Å². The van der Waals surface area contributed by atoms with Crippen molar-refractivity contribution in [2.75, 3.05) is 19.0 Å². The summed E-state index contributed by atoms with van der Waals surface area (Å²) < 4.78 is 5.67. The van der Waals surface area contributed by atoms with Crippen molar-refractivity contribution in [1.29, 1.82) is 0 Å². The van der Waals surface area contributed by atoms with E-state index in [9.17, 15) is 4.79 Å². The molecule has 0 aromatic heterocycles. The first-order valence-electron chi connectivity index (χ1n) is 6.82. The highest BCUT2D eigenvalue weighted by Gasteiger charge is 2.14. The first-order valence-corrected chi connectivity index (χ1v) is 6.82. The topological polar surface area (TPSA) is 55.6 Å². The third-order valence-electron chi connectivity index (χ3n) is 3.27. The monoisotopic (exact) mass is 284 g/mol. The van der Waals surface area contributed by atoms with E-state index in [1.54, 1.807) is 6.92 Å². The molecule has 110 valence electrons. The van der Waals surface area contributed by atoms with Gasteiger partial charge in [0.05, 0.1) is 0 Å². The minimum atomic E-state index is -0.664. The molecular formula is C17H20N2O2. The van der Waals surface area contributed by atoms with E-state index in [1.807, 2.05) is 61.5 Å². The van der Waals surface area contributed by atoms with Crippen LogP contribution >= 0.6 is 0 Å². The van der Waals surface area contributed by atoms with Gasteiger partial charge in [-0.05, 0) is 30.7 Å². The first kappa shape index (κ1) is 14.9. The summed E-state index contributed by atoms with van der Waals surface area (Å²) in [7, 11) is 3.99. The number of para-hydroxylation sites is 1. The number of nitrogens with zero attached hydrogens (tertiary/aromatic N) is 1. The van der Waals surface area contributed by atoms with E-state index >= 15 is 0 Å². The van der Waals surface area contributed by atoms with Gasteiger partial charge in [-0.1, -0.05) is 30.3 Å². The Morgan fingerprint density at radius 1 is 1.14 bits per heavy atom. The van der Waals surface area contributed by atoms with Crippen molar-refractivity contribution in [3.05, 3.63) is 48.5 Å². The maximum Gasteiger partial charge on any atom is 0.258 e. The number of primary amides is 1. The number of anilines is 1. The van der Waals surface area contributed by atoms with Gasteiger partial charge in [0, 0.05) is 25.3 Å². The molecule has 4 nitrogen and oxygen atoms in total. The summed E-state index contributed by atoms with van der Waals surface area (Å²) >= 11 is 0. The molecular weight excluding hydrogens is 264 g/mol. The normalized spacial score (nSPS) is 11.8. The highest BCUT2D eigenvalue weighted by molar-refractivity contribution is 5.79. The van der Waals surface area contributed by atoms with Gasteiger partial charge in [-0.3, -0.25) is 4.79 Å². The molecule has 2 N–H and O–H groups in total. The summed E-state index contributed by atoms with van der Waals surface area (Å²) in [4.78, 5) is 13.2. The number of nitrogens with two attached hydrogens (primary N) is 1. The van der Waals surface area contributed by atoms with E-state index in [4.69, 9.17) is 10.5 Å². The quantitative estimate of drug-likeness (QED) is 0.918. The number of carbonyl (C=O) groups excluding carboxylic acids is 1. The average molecular weight is 284 g/mol. The molecule has 0 bridgehead atoms. The van der Waals surface area contributed by atoms with Gasteiger partial charge < -0.3 is 15.4 Å². The zero-order valence-electron chi connectivity index (χ0n) is 12.5. The Morgan fingerprint density at radius 3 is 2.52 bits per heavy atom. The third-order valence-corrected chi connectivity index (χ3v) is 3.27. The van der Waals surface area contributed by atoms with Crippen LogP contribution in [0.25, 0.3) is 11.1 Å². The third kappa shape index (κ3) is 3.54. The summed E-state index contributed by atoms with van der Waals surface area (Å²) in [6.45, 7) is 1.65. The predicted molar refractivity (Wildman–Crippen MR) is 85.5 cm³/mol. The summed E-state index contributed by atoms with van der Waals surface area (Å²) in [6.07, 6.45) is -0.664. The highest BCUT2D eigenvalue weighted by atomic mass is 16.5. The largest absolute Gasteiger partial charge is 0.480 e. The standard InChI is InChI=1S/C17H20N2O2/c1-12(17(18)20)21-16-10-5-4-9-15(16)13-7-6-8-14(11-13)19(2)3/h4-12H,1-3H3,(H2,18,20)/t12-/m1/s1. The number of hydrogen-bond donors (Lipinski definition) is 1. The Hall–Kier alpha value is -2.49. The van der Waals surface area contributed by atoms with Crippen molar-refractivity contribution in [3.8, 4) is 16.9 Å². The molecule has 2 aromatic rings. The summed E-state index contributed by atoms with van der Waals surface area (Å²) in [6, 6.07) is 15.8. The van der Waals surface area contributed by atoms with Gasteiger partial charge in [-0.25, -0.2) is 0 Å². The average Bonchev–Trinajstić information content (AvgIpc) is 2.47. The van der Waals surface area contributed by atoms with Crippen LogP contribution < -0.4 is 15.4 Å². The zero-order chi connectivity index (χ0) is 15.4. The molecule has 0 spiro atoms. The fraction of sp³-hybridized carbons (Fsp3) is 0.235. The second kappa shape index (κ2) is 6.31. The van der Waals surface area contributed by atoms with Gasteiger partial charge >= 0.3 is 0 Å². The van der Waals surface area contributed by atoms with E-state index in [-0.39, 0.29) is 0 Å². The van der Waals surface area contributed by atoms with Gasteiger partial charge in [0.1, 0.15) is 5.75 Å². The summed E-state index contributed by atoms with van der Waals surface area (Å²) in [5.41, 5.74) is 8.34. The maximum absolute atomic E-state index is 11.2. The highest BCUT2D eigenvalue weighted by Crippen LogP contribution is 2.32. The number of carbonyl (C=O) groups is 1. The molecule has 0 saturated heterocycles. The molecule has 1 amide bonds. The molecule has 0 aliphatic rings. The lowest BCUT2D eigenvalue weighted by molar-refractivity contribution is -0.123. The Labute approximate surface area is 125 Å². The van der Waals surface area contributed by atoms with Gasteiger partial charge in [-0.15, -0.1) is 0 Å². The molecule has 2 rings (SSSR count). The lowest BCUT2D eigenvalue weighted by atomic mass is 10.0. The van der Waals surface area contributed by atoms with Crippen LogP contribution in [0.1, 0.15) is 6.92 Å². The summed E-state index contributed by atoms with van der Waals surface area (Å²) in [5.74, 6) is 0.173. The van der Waals surface area contributed by atoms with Crippen molar-refractivity contribution < 1.29 is 9.53 Å². The van der Waals surface area contributed by atoms with Crippen LogP contribution in [0.2, 0.25) is 0 Å². The number of ether oxygens (including phenoxy) is 1. The Balaban J connectivity index is 2.40. The molecule has 0 fully saturated rings. The first-order chi connectivity index (χ1) is 9.99. The Morgan fingerprint density at radius 2 is 1.86 bits per heavy atom. The Kier molecular flexibility index (Phi) is 4.48. The second-order valence-electron chi connectivity index (χ2n) is 5.10.